The molecule has 0 saturated heterocycles. The molecule has 0 aromatic heterocycles. The zero-order valence-electron chi connectivity index (χ0n) is 13.3. The maximum absolute atomic E-state index is 12.4. The van der Waals surface area contributed by atoms with Crippen LogP contribution in [0.25, 0.3) is 0 Å². The minimum absolute atomic E-state index is 0.0937. The van der Waals surface area contributed by atoms with Gasteiger partial charge in [0.2, 0.25) is 0 Å². The molecule has 0 spiro atoms. The lowest BCUT2D eigenvalue weighted by atomic mass is 10.0. The number of rotatable bonds is 6. The second kappa shape index (κ2) is 6.20. The molecule has 1 aliphatic carbocycles. The van der Waals surface area contributed by atoms with Crippen molar-refractivity contribution in [2.45, 2.75) is 25.0 Å². The van der Waals surface area contributed by atoms with E-state index in [2.05, 4.69) is 0 Å². The summed E-state index contributed by atoms with van der Waals surface area (Å²) in [5.41, 5.74) is -1.05. The van der Waals surface area contributed by atoms with Gasteiger partial charge in [0.15, 0.2) is 15.3 Å². The summed E-state index contributed by atoms with van der Waals surface area (Å²) in [6.45, 7) is 3.22. The van der Waals surface area contributed by atoms with Gasteiger partial charge in [0, 0.05) is 11.7 Å². The summed E-state index contributed by atoms with van der Waals surface area (Å²) in [5, 5.41) is 8.50. The van der Waals surface area contributed by atoms with Crippen molar-refractivity contribution in [3.8, 4) is 11.8 Å². The fourth-order valence-electron chi connectivity index (χ4n) is 2.95. The Morgan fingerprint density at radius 1 is 1.30 bits per heavy atom. The van der Waals surface area contributed by atoms with Gasteiger partial charge in [-0.3, -0.25) is 4.79 Å². The Labute approximate surface area is 135 Å². The number of carbonyl (C=O) groups is 1. The van der Waals surface area contributed by atoms with Crippen LogP contribution in [0.5, 0.6) is 5.75 Å². The zero-order chi connectivity index (χ0) is 17.3. The van der Waals surface area contributed by atoms with Crippen LogP contribution < -0.4 is 4.74 Å². The molecule has 7 heteroatoms. The smallest absolute Gasteiger partial charge is 0.328 e. The molecule has 2 rings (SSSR count). The molecule has 1 saturated carbocycles. The third kappa shape index (κ3) is 2.68. The van der Waals surface area contributed by atoms with E-state index in [1.807, 2.05) is 6.07 Å². The van der Waals surface area contributed by atoms with Crippen LogP contribution in [0.15, 0.2) is 24.3 Å². The monoisotopic (exact) mass is 337 g/mol. The largest absolute Gasteiger partial charge is 0.497 e. The summed E-state index contributed by atoms with van der Waals surface area (Å²) in [6.07, 6.45) is 0. The summed E-state index contributed by atoms with van der Waals surface area (Å²) in [4.78, 5) is 12.3. The highest BCUT2D eigenvalue weighted by Gasteiger charge is 2.77. The number of benzene rings is 1. The van der Waals surface area contributed by atoms with E-state index in [9.17, 15) is 18.5 Å². The molecule has 1 aromatic carbocycles. The third-order valence-corrected chi connectivity index (χ3v) is 6.42. The van der Waals surface area contributed by atoms with Crippen molar-refractivity contribution < 1.29 is 22.7 Å². The fraction of sp³-hybridized carbons (Fsp3) is 0.500. The molecule has 0 heterocycles. The van der Waals surface area contributed by atoms with E-state index in [1.54, 1.807) is 31.2 Å². The predicted molar refractivity (Wildman–Crippen MR) is 83.7 cm³/mol. The number of methoxy groups -OCH3 is 1. The van der Waals surface area contributed by atoms with Crippen molar-refractivity contribution in [1.29, 1.82) is 5.26 Å². The van der Waals surface area contributed by atoms with Gasteiger partial charge in [-0.1, -0.05) is 19.1 Å². The lowest BCUT2D eigenvalue weighted by Crippen LogP contribution is -2.26. The second-order valence-electron chi connectivity index (χ2n) is 5.32. The first-order chi connectivity index (χ1) is 10.9. The van der Waals surface area contributed by atoms with Crippen molar-refractivity contribution in [2.24, 2.45) is 5.41 Å². The number of nitrogens with zero attached hydrogens (tertiary/aromatic N) is 1. The van der Waals surface area contributed by atoms with Crippen LogP contribution in [0, 0.1) is 16.7 Å². The summed E-state index contributed by atoms with van der Waals surface area (Å²) >= 11 is 0. The molecular weight excluding hydrogens is 318 g/mol. The zero-order valence-corrected chi connectivity index (χ0v) is 14.1. The third-order valence-electron chi connectivity index (χ3n) is 4.20. The van der Waals surface area contributed by atoms with Gasteiger partial charge in [0.1, 0.15) is 11.0 Å². The molecule has 0 bridgehead atoms. The molecule has 3 atom stereocenters. The quantitative estimate of drug-likeness (QED) is 0.733. The minimum atomic E-state index is -3.58. The topological polar surface area (TPSA) is 93.5 Å². The molecule has 3 unspecified atom stereocenters. The molecule has 1 aliphatic rings. The van der Waals surface area contributed by atoms with Crippen LogP contribution in [-0.4, -0.2) is 39.1 Å². The van der Waals surface area contributed by atoms with Gasteiger partial charge < -0.3 is 9.47 Å². The van der Waals surface area contributed by atoms with Crippen molar-refractivity contribution in [3.63, 3.8) is 0 Å². The average molecular weight is 337 g/mol. The SMILES string of the molecule is CCOC(=O)C1(C#N)C(c2ccc(OC)cc2)C1S(=O)(=O)CC. The summed E-state index contributed by atoms with van der Waals surface area (Å²) in [5.74, 6) is -1.01. The molecule has 6 nitrogen and oxygen atoms in total. The van der Waals surface area contributed by atoms with E-state index in [0.717, 1.165) is 0 Å². The van der Waals surface area contributed by atoms with Crippen LogP contribution in [-0.2, 0) is 19.4 Å². The van der Waals surface area contributed by atoms with Gasteiger partial charge in [-0.2, -0.15) is 5.26 Å². The van der Waals surface area contributed by atoms with Crippen LogP contribution in [0.2, 0.25) is 0 Å². The van der Waals surface area contributed by atoms with E-state index in [1.165, 1.54) is 14.0 Å². The summed E-state index contributed by atoms with van der Waals surface area (Å²) in [6, 6.07) is 8.64. The van der Waals surface area contributed by atoms with Gasteiger partial charge in [-0.05, 0) is 24.6 Å². The number of hydrogen-bond acceptors (Lipinski definition) is 6. The van der Waals surface area contributed by atoms with Gasteiger partial charge >= 0.3 is 5.97 Å². The highest BCUT2D eigenvalue weighted by Crippen LogP contribution is 2.63. The van der Waals surface area contributed by atoms with E-state index in [-0.39, 0.29) is 12.4 Å². The number of ether oxygens (including phenoxy) is 2. The van der Waals surface area contributed by atoms with Crippen molar-refractivity contribution >= 4 is 15.8 Å². The van der Waals surface area contributed by atoms with Crippen LogP contribution in [0.4, 0.5) is 0 Å². The van der Waals surface area contributed by atoms with Crippen molar-refractivity contribution in [2.75, 3.05) is 19.5 Å². The lowest BCUT2D eigenvalue weighted by molar-refractivity contribution is -0.147. The lowest BCUT2D eigenvalue weighted by Gasteiger charge is -2.08. The molecule has 0 aliphatic heterocycles. The average Bonchev–Trinajstić information content (AvgIpc) is 3.26. The molecule has 124 valence electrons. The molecule has 23 heavy (non-hydrogen) atoms. The van der Waals surface area contributed by atoms with Crippen LogP contribution in [0.1, 0.15) is 25.3 Å². The van der Waals surface area contributed by atoms with Gasteiger partial charge in [-0.25, -0.2) is 8.42 Å². The number of esters is 1. The molecule has 1 aromatic rings. The predicted octanol–water partition coefficient (Wildman–Crippen LogP) is 1.67. The molecular formula is C16H19NO5S. The number of hydrogen-bond donors (Lipinski definition) is 0. The Balaban J connectivity index is 2.50. The molecule has 0 radical (unpaired) electrons. The number of carbonyl (C=O) groups excluding carboxylic acids is 1. The molecule has 1 fully saturated rings. The first-order valence-corrected chi connectivity index (χ1v) is 9.04. The Bertz CT molecular complexity index is 735. The molecule has 0 N–H and O–H groups in total. The second-order valence-corrected chi connectivity index (χ2v) is 7.74. The van der Waals surface area contributed by atoms with Crippen LogP contribution in [0.3, 0.4) is 0 Å². The number of sulfone groups is 1. The van der Waals surface area contributed by atoms with Crippen molar-refractivity contribution in [1.82, 2.24) is 0 Å². The maximum Gasteiger partial charge on any atom is 0.328 e. The first-order valence-electron chi connectivity index (χ1n) is 7.33. The Morgan fingerprint density at radius 2 is 1.91 bits per heavy atom. The van der Waals surface area contributed by atoms with E-state index in [0.29, 0.717) is 11.3 Å². The highest BCUT2D eigenvalue weighted by atomic mass is 32.2. The fourth-order valence-corrected chi connectivity index (χ4v) is 4.88. The summed E-state index contributed by atoms with van der Waals surface area (Å²) in [7, 11) is -2.05. The standard InChI is InChI=1S/C16H19NO5S/c1-4-22-15(18)16(10-17)13(14(16)23(19,20)5-2)11-6-8-12(21-3)9-7-11/h6-9,13-14H,4-5H2,1-3H3. The van der Waals surface area contributed by atoms with E-state index < -0.39 is 32.4 Å². The van der Waals surface area contributed by atoms with Crippen LogP contribution >= 0.6 is 0 Å². The first kappa shape index (κ1) is 17.3. The Morgan fingerprint density at radius 3 is 2.35 bits per heavy atom. The van der Waals surface area contributed by atoms with Crippen molar-refractivity contribution in [3.05, 3.63) is 29.8 Å². The summed E-state index contributed by atoms with van der Waals surface area (Å²) < 4.78 is 34.8. The number of nitriles is 1. The van der Waals surface area contributed by atoms with E-state index in [4.69, 9.17) is 9.47 Å². The molecule has 0 amide bonds. The Kier molecular flexibility index (Phi) is 4.66. The van der Waals surface area contributed by atoms with Gasteiger partial charge in [0.25, 0.3) is 0 Å². The maximum atomic E-state index is 12.4. The van der Waals surface area contributed by atoms with Gasteiger partial charge in [-0.15, -0.1) is 0 Å². The van der Waals surface area contributed by atoms with E-state index >= 15 is 0 Å². The van der Waals surface area contributed by atoms with Gasteiger partial charge in [0.05, 0.1) is 19.8 Å². The Hall–Kier alpha value is -2.07. The minimum Gasteiger partial charge on any atom is -0.497 e. The normalized spacial score (nSPS) is 26.2. The highest BCUT2D eigenvalue weighted by molar-refractivity contribution is 7.92.